The Labute approximate surface area is 156 Å². The van der Waals surface area contributed by atoms with Gasteiger partial charge in [-0.1, -0.05) is 80.4 Å². The SMILES string of the molecule is CCCC[C@@H](OCc1ccccc1)[C@@H](OCc1ccccc1)[C@@H](N)CO. The zero-order chi connectivity index (χ0) is 18.6. The van der Waals surface area contributed by atoms with E-state index in [1.54, 1.807) is 0 Å². The lowest BCUT2D eigenvalue weighted by molar-refractivity contribution is -0.104. The highest BCUT2D eigenvalue weighted by Crippen LogP contribution is 2.18. The minimum atomic E-state index is -0.476. The Morgan fingerprint density at radius 2 is 1.42 bits per heavy atom. The molecule has 3 N–H and O–H groups in total. The number of hydrogen-bond acceptors (Lipinski definition) is 4. The molecule has 0 unspecified atom stereocenters. The van der Waals surface area contributed by atoms with Crippen LogP contribution in [-0.2, 0) is 22.7 Å². The molecule has 2 aromatic rings. The van der Waals surface area contributed by atoms with Crippen LogP contribution in [0.25, 0.3) is 0 Å². The Morgan fingerprint density at radius 1 is 0.885 bits per heavy atom. The molecule has 3 atom stereocenters. The van der Waals surface area contributed by atoms with Gasteiger partial charge in [0.1, 0.15) is 6.10 Å². The highest BCUT2D eigenvalue weighted by Gasteiger charge is 2.28. The smallest absolute Gasteiger partial charge is 0.101 e. The predicted octanol–water partition coefficient (Wildman–Crippen LogP) is 3.67. The van der Waals surface area contributed by atoms with Gasteiger partial charge in [0.15, 0.2) is 0 Å². The Kier molecular flexibility index (Phi) is 9.35. The molecule has 0 saturated carbocycles. The Bertz CT molecular complexity index is 591. The Morgan fingerprint density at radius 3 is 1.92 bits per heavy atom. The van der Waals surface area contributed by atoms with Crippen molar-refractivity contribution >= 4 is 0 Å². The molecule has 142 valence electrons. The Hall–Kier alpha value is -1.72. The fourth-order valence-corrected chi connectivity index (χ4v) is 2.90. The summed E-state index contributed by atoms with van der Waals surface area (Å²) in [6, 6.07) is 19.6. The second-order valence-electron chi connectivity index (χ2n) is 6.58. The van der Waals surface area contributed by atoms with Gasteiger partial charge in [-0.2, -0.15) is 0 Å². The fourth-order valence-electron chi connectivity index (χ4n) is 2.90. The molecule has 4 nitrogen and oxygen atoms in total. The van der Waals surface area contributed by atoms with Crippen LogP contribution in [-0.4, -0.2) is 30.0 Å². The van der Waals surface area contributed by atoms with Gasteiger partial charge in [-0.05, 0) is 17.5 Å². The summed E-state index contributed by atoms with van der Waals surface area (Å²) in [4.78, 5) is 0. The summed E-state index contributed by atoms with van der Waals surface area (Å²) in [7, 11) is 0. The number of hydrogen-bond donors (Lipinski definition) is 2. The summed E-state index contributed by atoms with van der Waals surface area (Å²) >= 11 is 0. The van der Waals surface area contributed by atoms with Crippen LogP contribution in [0, 0.1) is 0 Å². The topological polar surface area (TPSA) is 64.7 Å². The normalized spacial score (nSPS) is 14.7. The van der Waals surface area contributed by atoms with Crippen LogP contribution in [0.5, 0.6) is 0 Å². The number of nitrogens with two attached hydrogens (primary N) is 1. The van der Waals surface area contributed by atoms with Crippen molar-refractivity contribution in [1.29, 1.82) is 0 Å². The van der Waals surface area contributed by atoms with Crippen LogP contribution >= 0.6 is 0 Å². The average molecular weight is 357 g/mol. The second kappa shape index (κ2) is 11.8. The zero-order valence-electron chi connectivity index (χ0n) is 15.6. The molecule has 0 radical (unpaired) electrons. The first-order valence-corrected chi connectivity index (χ1v) is 9.42. The molecule has 0 fully saturated rings. The van der Waals surface area contributed by atoms with Crippen molar-refractivity contribution in [2.24, 2.45) is 5.73 Å². The molecule has 0 amide bonds. The van der Waals surface area contributed by atoms with Crippen LogP contribution in [0.1, 0.15) is 37.3 Å². The largest absolute Gasteiger partial charge is 0.395 e. The summed E-state index contributed by atoms with van der Waals surface area (Å²) in [5.74, 6) is 0. The van der Waals surface area contributed by atoms with E-state index in [2.05, 4.69) is 6.92 Å². The van der Waals surface area contributed by atoms with E-state index in [-0.39, 0.29) is 18.8 Å². The van der Waals surface area contributed by atoms with Crippen LogP contribution in [0.4, 0.5) is 0 Å². The van der Waals surface area contributed by atoms with E-state index >= 15 is 0 Å². The summed E-state index contributed by atoms with van der Waals surface area (Å²) < 4.78 is 12.3. The summed E-state index contributed by atoms with van der Waals surface area (Å²) in [6.45, 7) is 2.99. The van der Waals surface area contributed by atoms with Crippen molar-refractivity contribution in [1.82, 2.24) is 0 Å². The van der Waals surface area contributed by atoms with Gasteiger partial charge in [-0.25, -0.2) is 0 Å². The van der Waals surface area contributed by atoms with Gasteiger partial charge < -0.3 is 20.3 Å². The zero-order valence-corrected chi connectivity index (χ0v) is 15.6. The monoisotopic (exact) mass is 357 g/mol. The number of ether oxygens (including phenoxy) is 2. The van der Waals surface area contributed by atoms with E-state index in [0.717, 1.165) is 30.4 Å². The standard InChI is InChI=1S/C22H31NO3/c1-2-3-14-21(25-16-18-10-6-4-7-11-18)22(20(23)15-24)26-17-19-12-8-5-9-13-19/h4-13,20-22,24H,2-3,14-17,23H2,1H3/t20-,21+,22-/m0/s1. The third kappa shape index (κ3) is 6.89. The van der Waals surface area contributed by atoms with Crippen LogP contribution in [0.2, 0.25) is 0 Å². The van der Waals surface area contributed by atoms with Crippen LogP contribution in [0.3, 0.4) is 0 Å². The van der Waals surface area contributed by atoms with Crippen molar-refractivity contribution in [3.05, 3.63) is 71.8 Å². The fraction of sp³-hybridized carbons (Fsp3) is 0.455. The lowest BCUT2D eigenvalue weighted by Crippen LogP contribution is -2.48. The highest BCUT2D eigenvalue weighted by molar-refractivity contribution is 5.14. The molecule has 0 aliphatic rings. The van der Waals surface area contributed by atoms with E-state index < -0.39 is 6.04 Å². The van der Waals surface area contributed by atoms with Gasteiger partial charge in [-0.15, -0.1) is 0 Å². The van der Waals surface area contributed by atoms with Crippen LogP contribution < -0.4 is 5.73 Å². The first-order valence-electron chi connectivity index (χ1n) is 9.42. The second-order valence-corrected chi connectivity index (χ2v) is 6.58. The van der Waals surface area contributed by atoms with E-state index in [0.29, 0.717) is 13.2 Å². The van der Waals surface area contributed by atoms with Gasteiger partial charge in [0, 0.05) is 0 Å². The van der Waals surface area contributed by atoms with Crippen molar-refractivity contribution in [2.45, 2.75) is 57.6 Å². The van der Waals surface area contributed by atoms with E-state index in [1.807, 2.05) is 60.7 Å². The molecule has 2 aromatic carbocycles. The molecule has 2 rings (SSSR count). The minimum absolute atomic E-state index is 0.128. The molecule has 0 heterocycles. The molecule has 4 heteroatoms. The molecule has 26 heavy (non-hydrogen) atoms. The number of benzene rings is 2. The predicted molar refractivity (Wildman–Crippen MR) is 105 cm³/mol. The van der Waals surface area contributed by atoms with Crippen molar-refractivity contribution < 1.29 is 14.6 Å². The maximum atomic E-state index is 9.60. The maximum absolute atomic E-state index is 9.60. The van der Waals surface area contributed by atoms with Crippen molar-refractivity contribution in [3.63, 3.8) is 0 Å². The van der Waals surface area contributed by atoms with Gasteiger partial charge in [-0.3, -0.25) is 0 Å². The average Bonchev–Trinajstić information content (AvgIpc) is 2.70. The van der Waals surface area contributed by atoms with Gasteiger partial charge >= 0.3 is 0 Å². The first-order chi connectivity index (χ1) is 12.7. The molecule has 0 aliphatic heterocycles. The summed E-state index contributed by atoms with van der Waals surface area (Å²) in [6.07, 6.45) is 2.46. The lowest BCUT2D eigenvalue weighted by atomic mass is 10.0. The van der Waals surface area contributed by atoms with E-state index in [9.17, 15) is 5.11 Å². The molecular formula is C22H31NO3. The molecular weight excluding hydrogens is 326 g/mol. The van der Waals surface area contributed by atoms with Crippen LogP contribution in [0.15, 0.2) is 60.7 Å². The minimum Gasteiger partial charge on any atom is -0.395 e. The lowest BCUT2D eigenvalue weighted by Gasteiger charge is -2.31. The molecule has 0 saturated heterocycles. The van der Waals surface area contributed by atoms with Crippen molar-refractivity contribution in [3.8, 4) is 0 Å². The van der Waals surface area contributed by atoms with E-state index in [1.165, 1.54) is 0 Å². The highest BCUT2D eigenvalue weighted by atomic mass is 16.5. The van der Waals surface area contributed by atoms with Gasteiger partial charge in [0.25, 0.3) is 0 Å². The quantitative estimate of drug-likeness (QED) is 0.608. The molecule has 0 bridgehead atoms. The Balaban J connectivity index is 2.04. The third-order valence-corrected chi connectivity index (χ3v) is 4.43. The number of unbranched alkanes of at least 4 members (excludes halogenated alkanes) is 1. The van der Waals surface area contributed by atoms with E-state index in [4.69, 9.17) is 15.2 Å². The molecule has 0 spiro atoms. The summed E-state index contributed by atoms with van der Waals surface area (Å²) in [5.41, 5.74) is 8.37. The maximum Gasteiger partial charge on any atom is 0.101 e. The number of rotatable bonds is 12. The third-order valence-electron chi connectivity index (χ3n) is 4.43. The first kappa shape index (κ1) is 20.6. The number of aliphatic hydroxyl groups excluding tert-OH is 1. The molecule has 0 aromatic heterocycles. The number of aliphatic hydroxyl groups is 1. The summed E-state index contributed by atoms with van der Waals surface area (Å²) in [5, 5.41) is 9.60. The van der Waals surface area contributed by atoms with Crippen molar-refractivity contribution in [2.75, 3.05) is 6.61 Å². The molecule has 0 aliphatic carbocycles. The van der Waals surface area contributed by atoms with Gasteiger partial charge in [0.05, 0.1) is 32.0 Å². The van der Waals surface area contributed by atoms with Gasteiger partial charge in [0.2, 0.25) is 0 Å².